The van der Waals surface area contributed by atoms with Crippen LogP contribution in [-0.2, 0) is 12.8 Å². The van der Waals surface area contributed by atoms with Crippen LogP contribution in [0.3, 0.4) is 0 Å². The van der Waals surface area contributed by atoms with Gasteiger partial charge in [0.25, 0.3) is 0 Å². The quantitative estimate of drug-likeness (QED) is 0.244. The number of unbranched alkanes of at least 4 members (excludes halogenated alkanes) is 6. The summed E-state index contributed by atoms with van der Waals surface area (Å²) in [6.07, 6.45) is 18.5. The van der Waals surface area contributed by atoms with Crippen molar-refractivity contribution >= 4 is 38.6 Å². The normalized spacial score (nSPS) is 11.0. The van der Waals surface area contributed by atoms with Gasteiger partial charge < -0.3 is 0 Å². The molecule has 2 heterocycles. The molecule has 136 valence electrons. The van der Waals surface area contributed by atoms with Crippen molar-refractivity contribution in [1.29, 1.82) is 0 Å². The lowest BCUT2D eigenvalue weighted by Crippen LogP contribution is -1.89. The van der Waals surface area contributed by atoms with E-state index in [9.17, 15) is 0 Å². The van der Waals surface area contributed by atoms with Gasteiger partial charge in [0, 0.05) is 9.75 Å². The van der Waals surface area contributed by atoms with Crippen molar-refractivity contribution in [3.05, 3.63) is 31.9 Å². The highest BCUT2D eigenvalue weighted by Crippen LogP contribution is 2.42. The summed E-state index contributed by atoms with van der Waals surface area (Å²) in [5.41, 5.74) is 2.95. The van der Waals surface area contributed by atoms with Gasteiger partial charge in [0.05, 0.1) is 8.66 Å². The lowest BCUT2D eigenvalue weighted by Gasteiger charge is -2.06. The third kappa shape index (κ3) is 6.27. The first kappa shape index (κ1) is 20.7. The van der Waals surface area contributed by atoms with Gasteiger partial charge in [-0.3, -0.25) is 0 Å². The minimum absolute atomic E-state index is 1.07. The Morgan fingerprint density at radius 3 is 1.96 bits per heavy atom. The molecule has 0 unspecified atom stereocenters. The Labute approximate surface area is 170 Å². The lowest BCUT2D eigenvalue weighted by molar-refractivity contribution is 0.666. The zero-order chi connectivity index (χ0) is 18.1. The Morgan fingerprint density at radius 2 is 1.40 bits per heavy atom. The summed E-state index contributed by atoms with van der Waals surface area (Å²) in [6.45, 7) is 4.53. The molecule has 0 radical (unpaired) electrons. The van der Waals surface area contributed by atoms with E-state index in [1.165, 1.54) is 82.5 Å². The molecule has 2 aromatic heterocycles. The van der Waals surface area contributed by atoms with E-state index in [2.05, 4.69) is 47.8 Å². The third-order valence-corrected chi connectivity index (χ3v) is 7.49. The molecule has 0 aliphatic heterocycles. The monoisotopic (exact) mass is 436 g/mol. The third-order valence-electron chi connectivity index (χ3n) is 4.54. The highest BCUT2D eigenvalue weighted by atomic mass is 79.9. The number of aryl methyl sites for hydroxylation is 2. The summed E-state index contributed by atoms with van der Waals surface area (Å²) < 4.78 is 1.24. The Balaban J connectivity index is 2.19. The van der Waals surface area contributed by atoms with Crippen LogP contribution in [0.2, 0.25) is 0 Å². The number of hydrogen-bond donors (Lipinski definition) is 0. The highest BCUT2D eigenvalue weighted by Gasteiger charge is 2.16. The molecule has 0 amide bonds. The van der Waals surface area contributed by atoms with Gasteiger partial charge in [-0.05, 0) is 64.9 Å². The van der Waals surface area contributed by atoms with Crippen LogP contribution in [-0.4, -0.2) is 0 Å². The van der Waals surface area contributed by atoms with E-state index in [1.807, 2.05) is 11.3 Å². The van der Waals surface area contributed by atoms with E-state index in [0.717, 1.165) is 11.3 Å². The Bertz CT molecular complexity index is 687. The van der Waals surface area contributed by atoms with Crippen LogP contribution in [0.1, 0.15) is 81.2 Å². The summed E-state index contributed by atoms with van der Waals surface area (Å²) in [5.74, 6) is 2.86. The van der Waals surface area contributed by atoms with Crippen molar-refractivity contribution in [2.24, 2.45) is 0 Å². The van der Waals surface area contributed by atoms with Gasteiger partial charge in [0.2, 0.25) is 0 Å². The molecule has 2 rings (SSSR count). The van der Waals surface area contributed by atoms with Gasteiger partial charge in [0.1, 0.15) is 0 Å². The van der Waals surface area contributed by atoms with Crippen molar-refractivity contribution in [3.8, 4) is 22.1 Å². The summed E-state index contributed by atoms with van der Waals surface area (Å²) in [7, 11) is 0. The molecule has 0 saturated carbocycles. The van der Waals surface area contributed by atoms with Crippen LogP contribution in [0.4, 0.5) is 0 Å². The molecule has 0 atom stereocenters. The molecular weight excluding hydrogens is 408 g/mol. The fourth-order valence-electron chi connectivity index (χ4n) is 3.14. The Hall–Kier alpha value is -0.560. The van der Waals surface area contributed by atoms with Gasteiger partial charge in [-0.1, -0.05) is 58.3 Å². The van der Waals surface area contributed by atoms with E-state index in [0.29, 0.717) is 0 Å². The summed E-state index contributed by atoms with van der Waals surface area (Å²) in [5, 5.41) is 0. The molecule has 0 spiro atoms. The van der Waals surface area contributed by atoms with Crippen molar-refractivity contribution in [1.82, 2.24) is 0 Å². The van der Waals surface area contributed by atoms with Crippen molar-refractivity contribution in [2.75, 3.05) is 0 Å². The number of thiophene rings is 2. The van der Waals surface area contributed by atoms with Crippen LogP contribution in [0.5, 0.6) is 0 Å². The van der Waals surface area contributed by atoms with E-state index in [1.54, 1.807) is 11.3 Å². The average molecular weight is 438 g/mol. The Kier molecular flexibility index (Phi) is 9.31. The van der Waals surface area contributed by atoms with Crippen molar-refractivity contribution in [2.45, 2.75) is 78.1 Å². The predicted molar refractivity (Wildman–Crippen MR) is 119 cm³/mol. The van der Waals surface area contributed by atoms with Crippen molar-refractivity contribution < 1.29 is 0 Å². The van der Waals surface area contributed by atoms with Crippen LogP contribution in [0.15, 0.2) is 15.9 Å². The zero-order valence-corrected chi connectivity index (χ0v) is 18.7. The summed E-state index contributed by atoms with van der Waals surface area (Å²) in [6, 6.07) is 4.57. The van der Waals surface area contributed by atoms with Gasteiger partial charge >= 0.3 is 0 Å². The largest absolute Gasteiger partial charge is 0.127 e. The maximum atomic E-state index is 5.70. The average Bonchev–Trinajstić information content (AvgIpc) is 3.18. The first-order valence-corrected chi connectivity index (χ1v) is 12.0. The minimum Gasteiger partial charge on any atom is -0.127 e. The van der Waals surface area contributed by atoms with E-state index >= 15 is 0 Å². The Morgan fingerprint density at radius 1 is 0.840 bits per heavy atom. The van der Waals surface area contributed by atoms with E-state index in [4.69, 9.17) is 6.42 Å². The van der Waals surface area contributed by atoms with Crippen LogP contribution in [0.25, 0.3) is 9.75 Å². The predicted octanol–water partition coefficient (Wildman–Crippen LogP) is 8.47. The minimum atomic E-state index is 1.07. The lowest BCUT2D eigenvalue weighted by atomic mass is 10.0. The number of halogens is 1. The molecule has 0 aliphatic carbocycles. The molecule has 0 bridgehead atoms. The maximum absolute atomic E-state index is 5.70. The maximum Gasteiger partial charge on any atom is 0.0775 e. The SMILES string of the molecule is C#Cc1cc(CCCCCC)c(-c2sc(Br)cc2CCCCCC)s1. The van der Waals surface area contributed by atoms with Gasteiger partial charge in [0.15, 0.2) is 0 Å². The van der Waals surface area contributed by atoms with E-state index in [-0.39, 0.29) is 0 Å². The molecule has 0 fully saturated rings. The molecular formula is C22H29BrS2. The molecule has 0 N–H and O–H groups in total. The molecule has 0 aliphatic rings. The molecule has 2 aromatic rings. The number of hydrogen-bond acceptors (Lipinski definition) is 2. The van der Waals surface area contributed by atoms with Gasteiger partial charge in [-0.25, -0.2) is 0 Å². The van der Waals surface area contributed by atoms with Crippen LogP contribution >= 0.6 is 38.6 Å². The first-order valence-electron chi connectivity index (χ1n) is 9.57. The summed E-state index contributed by atoms with van der Waals surface area (Å²) >= 11 is 7.38. The first-order chi connectivity index (χ1) is 12.2. The second kappa shape index (κ2) is 11.2. The van der Waals surface area contributed by atoms with Gasteiger partial charge in [-0.2, -0.15) is 0 Å². The number of terminal acetylenes is 1. The van der Waals surface area contributed by atoms with E-state index < -0.39 is 0 Å². The topological polar surface area (TPSA) is 0 Å². The zero-order valence-electron chi connectivity index (χ0n) is 15.5. The second-order valence-electron chi connectivity index (χ2n) is 6.64. The second-order valence-corrected chi connectivity index (χ2v) is 10.1. The molecule has 0 aromatic carbocycles. The fraction of sp³-hybridized carbons (Fsp3) is 0.545. The fourth-order valence-corrected chi connectivity index (χ4v) is 6.06. The standard InChI is InChI=1S/C22H29BrS2/c1-4-7-9-11-13-17-15-19(6-3)24-21(17)22-18(16-20(23)25-22)14-12-10-8-5-2/h3,15-16H,4-5,7-14H2,1-2H3. The van der Waals surface area contributed by atoms with Gasteiger partial charge in [-0.15, -0.1) is 29.1 Å². The smallest absolute Gasteiger partial charge is 0.0775 e. The molecule has 0 saturated heterocycles. The molecule has 3 heteroatoms. The van der Waals surface area contributed by atoms with Crippen molar-refractivity contribution in [3.63, 3.8) is 0 Å². The molecule has 0 nitrogen and oxygen atoms in total. The molecule has 25 heavy (non-hydrogen) atoms. The summed E-state index contributed by atoms with van der Waals surface area (Å²) in [4.78, 5) is 3.94. The number of rotatable bonds is 11. The van der Waals surface area contributed by atoms with Crippen LogP contribution in [0, 0.1) is 12.3 Å². The van der Waals surface area contributed by atoms with Crippen LogP contribution < -0.4 is 0 Å². The highest BCUT2D eigenvalue weighted by molar-refractivity contribution is 9.11.